The summed E-state index contributed by atoms with van der Waals surface area (Å²) in [6.45, 7) is -0.384. The second kappa shape index (κ2) is 5.09. The monoisotopic (exact) mass is 266 g/mol. The molecule has 1 fully saturated rings. The molecule has 0 spiro atoms. The Morgan fingerprint density at radius 3 is 2.94 bits per heavy atom. The molecule has 0 unspecified atom stereocenters. The van der Waals surface area contributed by atoms with E-state index in [1.807, 2.05) is 0 Å². The molecule has 2 rings (SSSR count). The summed E-state index contributed by atoms with van der Waals surface area (Å²) in [6, 6.07) is 6.18. The number of nitrogens with zero attached hydrogens (tertiary/aromatic N) is 2. The first-order chi connectivity index (χ1) is 8.58. The van der Waals surface area contributed by atoms with Gasteiger partial charge in [0.15, 0.2) is 5.17 Å². The minimum absolute atomic E-state index is 0.0368. The van der Waals surface area contributed by atoms with Gasteiger partial charge in [-0.15, -0.1) is 0 Å². The average Bonchev–Trinajstić information content (AvgIpc) is 2.68. The Morgan fingerprint density at radius 1 is 1.50 bits per heavy atom. The van der Waals surface area contributed by atoms with Crippen molar-refractivity contribution in [3.05, 3.63) is 24.3 Å². The van der Waals surface area contributed by atoms with Crippen molar-refractivity contribution >= 4 is 34.5 Å². The van der Waals surface area contributed by atoms with Crippen LogP contribution >= 0.6 is 11.8 Å². The highest BCUT2D eigenvalue weighted by molar-refractivity contribution is 8.15. The van der Waals surface area contributed by atoms with Gasteiger partial charge < -0.3 is 10.2 Å². The summed E-state index contributed by atoms with van der Waals surface area (Å²) in [5.74, 6) is -0.989. The maximum absolute atomic E-state index is 11.7. The molecule has 1 aromatic rings. The Bertz CT molecular complexity index is 530. The predicted octanol–water partition coefficient (Wildman–Crippen LogP) is 0.913. The highest BCUT2D eigenvalue weighted by Crippen LogP contribution is 2.28. The summed E-state index contributed by atoms with van der Waals surface area (Å²) in [4.78, 5) is 27.4. The fourth-order valence-electron chi connectivity index (χ4n) is 1.50. The standard InChI is InChI=1S/C11H10N2O4S/c14-8-3-1-2-7(4-8)13-9(15)6-18-11(13)12-5-10(16)17/h1-4,14H,5-6H2,(H,16,17). The number of amidine groups is 1. The molecular formula is C11H10N2O4S. The van der Waals surface area contributed by atoms with Gasteiger partial charge in [-0.3, -0.25) is 14.5 Å². The molecule has 1 heterocycles. The summed E-state index contributed by atoms with van der Waals surface area (Å²) < 4.78 is 0. The third-order valence-corrected chi connectivity index (χ3v) is 3.16. The fourth-order valence-corrected chi connectivity index (χ4v) is 2.37. The number of anilines is 1. The highest BCUT2D eigenvalue weighted by atomic mass is 32.2. The van der Waals surface area contributed by atoms with E-state index >= 15 is 0 Å². The van der Waals surface area contributed by atoms with Crippen LogP contribution in [0.1, 0.15) is 0 Å². The van der Waals surface area contributed by atoms with Crippen molar-refractivity contribution in [2.75, 3.05) is 17.2 Å². The maximum Gasteiger partial charge on any atom is 0.325 e. The average molecular weight is 266 g/mol. The number of thioether (sulfide) groups is 1. The Kier molecular flexibility index (Phi) is 3.52. The number of carbonyl (C=O) groups excluding carboxylic acids is 1. The van der Waals surface area contributed by atoms with Crippen molar-refractivity contribution in [2.45, 2.75) is 0 Å². The Balaban J connectivity index is 2.30. The molecule has 0 aliphatic carbocycles. The Labute approximate surface area is 107 Å². The number of aromatic hydroxyl groups is 1. The molecule has 6 nitrogen and oxygen atoms in total. The van der Waals surface area contributed by atoms with Crippen LogP contribution in [-0.4, -0.2) is 39.6 Å². The molecule has 0 atom stereocenters. The topological polar surface area (TPSA) is 90.2 Å². The van der Waals surface area contributed by atoms with Gasteiger partial charge in [0.1, 0.15) is 12.3 Å². The molecule has 1 amide bonds. The molecule has 7 heteroatoms. The van der Waals surface area contributed by atoms with E-state index in [-0.39, 0.29) is 24.0 Å². The lowest BCUT2D eigenvalue weighted by Crippen LogP contribution is -2.29. The second-order valence-electron chi connectivity index (χ2n) is 3.53. The van der Waals surface area contributed by atoms with E-state index in [9.17, 15) is 14.7 Å². The summed E-state index contributed by atoms with van der Waals surface area (Å²) in [5.41, 5.74) is 0.481. The van der Waals surface area contributed by atoms with Gasteiger partial charge >= 0.3 is 5.97 Å². The largest absolute Gasteiger partial charge is 0.508 e. The molecule has 0 aromatic heterocycles. The Morgan fingerprint density at radius 2 is 2.28 bits per heavy atom. The molecule has 1 saturated heterocycles. The molecule has 0 radical (unpaired) electrons. The Hall–Kier alpha value is -2.02. The van der Waals surface area contributed by atoms with Crippen molar-refractivity contribution in [1.82, 2.24) is 0 Å². The van der Waals surface area contributed by atoms with Crippen molar-refractivity contribution in [3.63, 3.8) is 0 Å². The minimum atomic E-state index is -1.06. The van der Waals surface area contributed by atoms with Gasteiger partial charge in [-0.2, -0.15) is 0 Å². The number of phenols is 1. The van der Waals surface area contributed by atoms with Gasteiger partial charge in [-0.25, -0.2) is 4.99 Å². The van der Waals surface area contributed by atoms with Crippen LogP contribution in [0.2, 0.25) is 0 Å². The molecule has 1 aliphatic rings. The van der Waals surface area contributed by atoms with Crippen LogP contribution in [0.4, 0.5) is 5.69 Å². The lowest BCUT2D eigenvalue weighted by molar-refractivity contribution is -0.135. The number of aliphatic carboxylic acids is 1. The number of carboxylic acids is 1. The van der Waals surface area contributed by atoms with Crippen molar-refractivity contribution in [2.24, 2.45) is 4.99 Å². The molecule has 2 N–H and O–H groups in total. The summed E-state index contributed by atoms with van der Waals surface area (Å²) in [6.07, 6.45) is 0. The van der Waals surface area contributed by atoms with Gasteiger partial charge in [-0.1, -0.05) is 17.8 Å². The van der Waals surface area contributed by atoms with Crippen LogP contribution in [0.25, 0.3) is 0 Å². The molecular weight excluding hydrogens is 256 g/mol. The fraction of sp³-hybridized carbons (Fsp3) is 0.182. The number of rotatable bonds is 3. The SMILES string of the molecule is O=C(O)CN=C1SCC(=O)N1c1cccc(O)c1. The number of hydrogen-bond acceptors (Lipinski definition) is 5. The third-order valence-electron chi connectivity index (χ3n) is 2.20. The highest BCUT2D eigenvalue weighted by Gasteiger charge is 2.29. The lowest BCUT2D eigenvalue weighted by Gasteiger charge is -2.15. The van der Waals surface area contributed by atoms with Gasteiger partial charge in [0.2, 0.25) is 5.91 Å². The number of aliphatic imine (C=N–C) groups is 1. The normalized spacial score (nSPS) is 17.4. The smallest absolute Gasteiger partial charge is 0.325 e. The molecule has 18 heavy (non-hydrogen) atoms. The van der Waals surface area contributed by atoms with E-state index in [0.717, 1.165) is 0 Å². The zero-order valence-electron chi connectivity index (χ0n) is 9.24. The van der Waals surface area contributed by atoms with Crippen LogP contribution < -0.4 is 4.90 Å². The quantitative estimate of drug-likeness (QED) is 0.848. The molecule has 94 valence electrons. The molecule has 0 saturated carbocycles. The van der Waals surface area contributed by atoms with Gasteiger partial charge in [0, 0.05) is 6.07 Å². The molecule has 1 aromatic carbocycles. The van der Waals surface area contributed by atoms with Crippen molar-refractivity contribution < 1.29 is 19.8 Å². The van der Waals surface area contributed by atoms with E-state index in [0.29, 0.717) is 10.9 Å². The van der Waals surface area contributed by atoms with Crippen molar-refractivity contribution in [1.29, 1.82) is 0 Å². The van der Waals surface area contributed by atoms with Gasteiger partial charge in [0.25, 0.3) is 0 Å². The number of hydrogen-bond donors (Lipinski definition) is 2. The van der Waals surface area contributed by atoms with Crippen LogP contribution in [0.5, 0.6) is 5.75 Å². The first kappa shape index (κ1) is 12.4. The van der Waals surface area contributed by atoms with Crippen LogP contribution in [0, 0.1) is 0 Å². The van der Waals surface area contributed by atoms with Crippen molar-refractivity contribution in [3.8, 4) is 5.75 Å². The number of carbonyl (C=O) groups is 2. The van der Waals surface area contributed by atoms with E-state index in [4.69, 9.17) is 5.11 Å². The van der Waals surface area contributed by atoms with Gasteiger partial charge in [-0.05, 0) is 12.1 Å². The number of carboxylic acid groups (broad SMARTS) is 1. The minimum Gasteiger partial charge on any atom is -0.508 e. The van der Waals surface area contributed by atoms with E-state index in [2.05, 4.69) is 4.99 Å². The van der Waals surface area contributed by atoms with E-state index < -0.39 is 5.97 Å². The first-order valence-corrected chi connectivity index (χ1v) is 6.07. The van der Waals surface area contributed by atoms with E-state index in [1.54, 1.807) is 12.1 Å². The second-order valence-corrected chi connectivity index (χ2v) is 4.47. The van der Waals surface area contributed by atoms with Crippen LogP contribution in [0.3, 0.4) is 0 Å². The number of phenolic OH excluding ortho intramolecular Hbond substituents is 1. The zero-order valence-corrected chi connectivity index (χ0v) is 10.1. The first-order valence-electron chi connectivity index (χ1n) is 5.09. The number of benzene rings is 1. The summed E-state index contributed by atoms with van der Waals surface area (Å²) >= 11 is 1.18. The third kappa shape index (κ3) is 2.62. The lowest BCUT2D eigenvalue weighted by atomic mass is 10.3. The molecule has 0 bridgehead atoms. The van der Waals surface area contributed by atoms with Crippen LogP contribution in [0.15, 0.2) is 29.3 Å². The van der Waals surface area contributed by atoms with Crippen LogP contribution in [-0.2, 0) is 9.59 Å². The zero-order chi connectivity index (χ0) is 13.1. The summed E-state index contributed by atoms with van der Waals surface area (Å²) in [5, 5.41) is 18.3. The summed E-state index contributed by atoms with van der Waals surface area (Å²) in [7, 11) is 0. The van der Waals surface area contributed by atoms with Gasteiger partial charge in [0.05, 0.1) is 11.4 Å². The molecule has 1 aliphatic heterocycles. The van der Waals surface area contributed by atoms with E-state index in [1.165, 1.54) is 28.8 Å². The maximum atomic E-state index is 11.7. The predicted molar refractivity (Wildman–Crippen MR) is 68.0 cm³/mol. The number of amides is 1.